The van der Waals surface area contributed by atoms with Gasteiger partial charge in [0.15, 0.2) is 6.19 Å². The highest BCUT2D eigenvalue weighted by Gasteiger charge is 2.14. The summed E-state index contributed by atoms with van der Waals surface area (Å²) in [6, 6.07) is 0. The number of rotatable bonds is 34. The van der Waals surface area contributed by atoms with Crippen LogP contribution >= 0.6 is 0 Å². The first-order valence-corrected chi connectivity index (χ1v) is 20.3. The first kappa shape index (κ1) is 46.7. The molecular weight excluding hydrogens is 614 g/mol. The molecule has 0 aromatic heterocycles. The van der Waals surface area contributed by atoms with Crippen LogP contribution in [-0.4, -0.2) is 80.7 Å². The maximum Gasteiger partial charge on any atom is 0.306 e. The predicted octanol–water partition coefficient (Wildman–Crippen LogP) is 9.54. The van der Waals surface area contributed by atoms with Crippen LogP contribution in [0.1, 0.15) is 181 Å². The number of nitriles is 1. The largest absolute Gasteiger partial charge is 0.466 e. The summed E-state index contributed by atoms with van der Waals surface area (Å²) in [7, 11) is 3.77. The van der Waals surface area contributed by atoms with E-state index in [0.717, 1.165) is 110 Å². The van der Waals surface area contributed by atoms with Crippen molar-refractivity contribution in [2.75, 3.05) is 46.9 Å². The minimum absolute atomic E-state index is 0.0111. The van der Waals surface area contributed by atoms with Crippen LogP contribution in [0.15, 0.2) is 4.99 Å². The average molecular weight is 692 g/mol. The molecule has 0 aliphatic carbocycles. The lowest BCUT2D eigenvalue weighted by Crippen LogP contribution is -2.34. The van der Waals surface area contributed by atoms with Gasteiger partial charge in [-0.05, 0) is 77.4 Å². The van der Waals surface area contributed by atoms with Gasteiger partial charge in [-0.1, -0.05) is 111 Å². The van der Waals surface area contributed by atoms with Crippen molar-refractivity contribution in [3.8, 4) is 6.19 Å². The summed E-state index contributed by atoms with van der Waals surface area (Å²) in [5.41, 5.74) is 0. The van der Waals surface area contributed by atoms with Gasteiger partial charge in [-0.2, -0.15) is 5.26 Å². The standard InChI is InChI=1S/C40H77N5O4/c1-6-9-12-15-21-29-38(46)48-35-25-19-14-18-24-33-45(34-26-31-42-40(43-36-41)44(4)5)32-23-17-13-16-22-30-39(47)49-37(27-11-8-3)28-20-10-7-2/h37H,6-35H2,1-5H3,(H,42,43). The molecule has 9 heteroatoms. The van der Waals surface area contributed by atoms with E-state index in [1.54, 1.807) is 0 Å². The second-order valence-electron chi connectivity index (χ2n) is 14.0. The van der Waals surface area contributed by atoms with Crippen molar-refractivity contribution < 1.29 is 19.1 Å². The Kier molecular flexibility index (Phi) is 33.8. The van der Waals surface area contributed by atoms with Crippen LogP contribution in [0.4, 0.5) is 0 Å². The van der Waals surface area contributed by atoms with Crippen LogP contribution in [0.5, 0.6) is 0 Å². The SMILES string of the molecule is CCCCCCCC(=O)OCCCCCCCN(CCCCCCCC(=O)OC(CCCC)CCCCC)CCCN=C(NC#N)N(C)C. The van der Waals surface area contributed by atoms with Crippen LogP contribution in [0.25, 0.3) is 0 Å². The highest BCUT2D eigenvalue weighted by Crippen LogP contribution is 2.16. The number of aliphatic imine (C=N–C) groups is 1. The van der Waals surface area contributed by atoms with E-state index in [4.69, 9.17) is 14.7 Å². The summed E-state index contributed by atoms with van der Waals surface area (Å²) in [5, 5.41) is 11.6. The minimum Gasteiger partial charge on any atom is -0.466 e. The molecule has 286 valence electrons. The molecule has 0 saturated carbocycles. The van der Waals surface area contributed by atoms with E-state index in [-0.39, 0.29) is 18.0 Å². The summed E-state index contributed by atoms with van der Waals surface area (Å²) < 4.78 is 11.3. The van der Waals surface area contributed by atoms with Crippen molar-refractivity contribution in [1.29, 1.82) is 5.26 Å². The van der Waals surface area contributed by atoms with Gasteiger partial charge in [-0.25, -0.2) is 0 Å². The molecule has 0 aliphatic heterocycles. The molecule has 0 heterocycles. The zero-order valence-electron chi connectivity index (χ0n) is 32.7. The van der Waals surface area contributed by atoms with Crippen LogP contribution in [0, 0.1) is 11.5 Å². The number of nitrogens with zero attached hydrogens (tertiary/aromatic N) is 4. The maximum absolute atomic E-state index is 12.5. The molecule has 0 fully saturated rings. The molecule has 0 bridgehead atoms. The molecule has 1 atom stereocenters. The number of guanidine groups is 1. The molecule has 0 rings (SSSR count). The fraction of sp³-hybridized carbons (Fsp3) is 0.900. The minimum atomic E-state index is -0.0378. The highest BCUT2D eigenvalue weighted by molar-refractivity contribution is 5.80. The Labute approximate surface area is 302 Å². The summed E-state index contributed by atoms with van der Waals surface area (Å²) >= 11 is 0. The fourth-order valence-electron chi connectivity index (χ4n) is 5.95. The summed E-state index contributed by atoms with van der Waals surface area (Å²) in [6.45, 7) is 11.0. The topological polar surface area (TPSA) is 107 Å². The summed E-state index contributed by atoms with van der Waals surface area (Å²) in [4.78, 5) is 33.3. The molecule has 0 aliphatic rings. The predicted molar refractivity (Wildman–Crippen MR) is 204 cm³/mol. The van der Waals surface area contributed by atoms with E-state index in [0.29, 0.717) is 32.0 Å². The number of unbranched alkanes of at least 4 members (excludes halogenated alkanes) is 15. The number of hydrogen-bond donors (Lipinski definition) is 1. The van der Waals surface area contributed by atoms with Gasteiger partial charge in [0.05, 0.1) is 6.61 Å². The number of nitrogens with one attached hydrogen (secondary N) is 1. The van der Waals surface area contributed by atoms with E-state index < -0.39 is 0 Å². The maximum atomic E-state index is 12.5. The molecular formula is C40H77N5O4. The quantitative estimate of drug-likeness (QED) is 0.0178. The molecule has 0 saturated heterocycles. The molecule has 0 amide bonds. The lowest BCUT2D eigenvalue weighted by atomic mass is 10.1. The van der Waals surface area contributed by atoms with E-state index in [1.165, 1.54) is 57.8 Å². The number of carbonyl (C=O) groups is 2. The number of esters is 2. The van der Waals surface area contributed by atoms with Gasteiger partial charge in [-0.15, -0.1) is 0 Å². The van der Waals surface area contributed by atoms with Crippen molar-refractivity contribution in [2.45, 2.75) is 187 Å². The Bertz CT molecular complexity index is 845. The molecule has 1 N–H and O–H groups in total. The second kappa shape index (κ2) is 35.5. The molecule has 0 radical (unpaired) electrons. The van der Waals surface area contributed by atoms with E-state index in [2.05, 4.69) is 36.0 Å². The Morgan fingerprint density at radius 2 is 1.16 bits per heavy atom. The van der Waals surface area contributed by atoms with Gasteiger partial charge < -0.3 is 19.3 Å². The Morgan fingerprint density at radius 1 is 0.653 bits per heavy atom. The molecule has 0 aromatic rings. The molecule has 9 nitrogen and oxygen atoms in total. The van der Waals surface area contributed by atoms with Crippen molar-refractivity contribution in [1.82, 2.24) is 15.1 Å². The van der Waals surface area contributed by atoms with Gasteiger partial charge in [0.1, 0.15) is 6.10 Å². The van der Waals surface area contributed by atoms with Crippen LogP contribution in [-0.2, 0) is 19.1 Å². The van der Waals surface area contributed by atoms with Gasteiger partial charge >= 0.3 is 11.9 Å². The van der Waals surface area contributed by atoms with E-state index in [1.807, 2.05) is 25.2 Å². The first-order chi connectivity index (χ1) is 23.9. The van der Waals surface area contributed by atoms with Gasteiger partial charge in [0.2, 0.25) is 5.96 Å². The van der Waals surface area contributed by atoms with E-state index in [9.17, 15) is 9.59 Å². The zero-order valence-corrected chi connectivity index (χ0v) is 32.7. The van der Waals surface area contributed by atoms with Crippen molar-refractivity contribution in [3.05, 3.63) is 0 Å². The smallest absolute Gasteiger partial charge is 0.306 e. The third-order valence-electron chi connectivity index (χ3n) is 9.01. The summed E-state index contributed by atoms with van der Waals surface area (Å²) in [6.07, 6.45) is 28.8. The van der Waals surface area contributed by atoms with Crippen molar-refractivity contribution in [3.63, 3.8) is 0 Å². The molecule has 49 heavy (non-hydrogen) atoms. The molecule has 0 spiro atoms. The molecule has 1 unspecified atom stereocenters. The van der Waals surface area contributed by atoms with Crippen LogP contribution in [0.3, 0.4) is 0 Å². The van der Waals surface area contributed by atoms with Crippen molar-refractivity contribution >= 4 is 17.9 Å². The molecule has 0 aromatic carbocycles. The highest BCUT2D eigenvalue weighted by atomic mass is 16.5. The van der Waals surface area contributed by atoms with Crippen LogP contribution < -0.4 is 5.32 Å². The normalized spacial score (nSPS) is 12.1. The first-order valence-electron chi connectivity index (χ1n) is 20.3. The van der Waals surface area contributed by atoms with Crippen LogP contribution in [0.2, 0.25) is 0 Å². The number of hydrogen-bond acceptors (Lipinski definition) is 7. The Hall–Kier alpha value is -2.34. The zero-order chi connectivity index (χ0) is 36.2. The van der Waals surface area contributed by atoms with Gasteiger partial charge in [0, 0.05) is 33.5 Å². The lowest BCUT2D eigenvalue weighted by molar-refractivity contribution is -0.150. The second-order valence-corrected chi connectivity index (χ2v) is 14.0. The fourth-order valence-corrected chi connectivity index (χ4v) is 5.95. The Balaban J connectivity index is 4.39. The van der Waals surface area contributed by atoms with Gasteiger partial charge in [-0.3, -0.25) is 19.9 Å². The third-order valence-corrected chi connectivity index (χ3v) is 9.01. The Morgan fingerprint density at radius 3 is 1.78 bits per heavy atom. The average Bonchev–Trinajstić information content (AvgIpc) is 3.08. The summed E-state index contributed by atoms with van der Waals surface area (Å²) in [5.74, 6) is 0.552. The number of ether oxygens (including phenoxy) is 2. The van der Waals surface area contributed by atoms with Crippen molar-refractivity contribution in [2.24, 2.45) is 4.99 Å². The van der Waals surface area contributed by atoms with Gasteiger partial charge in [0.25, 0.3) is 0 Å². The van der Waals surface area contributed by atoms with E-state index >= 15 is 0 Å². The number of carbonyl (C=O) groups excluding carboxylic acids is 2. The third kappa shape index (κ3) is 31.4. The lowest BCUT2D eigenvalue weighted by Gasteiger charge is -2.22. The monoisotopic (exact) mass is 692 g/mol.